The molecule has 1 fully saturated rings. The van der Waals surface area contributed by atoms with Crippen molar-refractivity contribution in [2.24, 2.45) is 5.92 Å². The number of anilines is 1. The minimum Gasteiger partial charge on any atom is -0.354 e. The number of nitrogens with zero attached hydrogens (tertiary/aromatic N) is 2. The van der Waals surface area contributed by atoms with Crippen molar-refractivity contribution in [3.05, 3.63) is 70.0 Å². The third kappa shape index (κ3) is 4.74. The molecule has 0 bridgehead atoms. The molecule has 2 aromatic rings. The maximum Gasteiger partial charge on any atom is 0.269 e. The third-order valence-corrected chi connectivity index (χ3v) is 5.90. The fraction of sp³-hybridized carbons (Fsp3) is 0.333. The molecule has 0 aromatic heterocycles. The van der Waals surface area contributed by atoms with Crippen molar-refractivity contribution in [2.45, 2.75) is 32.4 Å². The quantitative estimate of drug-likeness (QED) is 0.414. The van der Waals surface area contributed by atoms with Crippen LogP contribution in [-0.4, -0.2) is 36.7 Å². The number of benzene rings is 2. The number of non-ortho nitro benzene ring substituents is 1. The van der Waals surface area contributed by atoms with E-state index < -0.39 is 39.0 Å². The van der Waals surface area contributed by atoms with Crippen molar-refractivity contribution >= 4 is 32.4 Å². The van der Waals surface area contributed by atoms with Crippen molar-refractivity contribution in [1.82, 2.24) is 5.32 Å². The molecule has 1 heterocycles. The van der Waals surface area contributed by atoms with Crippen LogP contribution < -0.4 is 10.2 Å². The number of carbonyl (C=O) groups excluding carboxylic acids is 1. The zero-order valence-corrected chi connectivity index (χ0v) is 17.8. The van der Waals surface area contributed by atoms with Crippen LogP contribution in [0.1, 0.15) is 31.9 Å². The lowest BCUT2D eigenvalue weighted by Crippen LogP contribution is -2.48. The van der Waals surface area contributed by atoms with Crippen molar-refractivity contribution in [3.63, 3.8) is 0 Å². The Bertz CT molecular complexity index is 1120. The van der Waals surface area contributed by atoms with Gasteiger partial charge in [-0.2, -0.15) is 8.42 Å². The first-order valence-corrected chi connectivity index (χ1v) is 10.8. The average Bonchev–Trinajstić information content (AvgIpc) is 3.13. The van der Waals surface area contributed by atoms with Gasteiger partial charge in [0.1, 0.15) is 11.9 Å². The minimum atomic E-state index is -2.68. The fourth-order valence-electron chi connectivity index (χ4n) is 3.63. The standard InChI is InChI=1S/C21H22FN3O5S/c1-13(2)12-23-21(26)20-19(31(29)30)11-18(14-7-9-15(10-8-14)25(27)28)24(20)17-6-4-3-5-16(17)22/h3-10,13,18,20H,11-12H2,1-2H3,(H,23,26). The number of carbonyl (C=O) groups is 1. The summed E-state index contributed by atoms with van der Waals surface area (Å²) in [6, 6.07) is 9.48. The Morgan fingerprint density at radius 2 is 1.87 bits per heavy atom. The summed E-state index contributed by atoms with van der Waals surface area (Å²) in [6.07, 6.45) is -0.0397. The van der Waals surface area contributed by atoms with E-state index in [1.165, 1.54) is 47.4 Å². The summed E-state index contributed by atoms with van der Waals surface area (Å²) in [5, 5.41) is 13.7. The summed E-state index contributed by atoms with van der Waals surface area (Å²) in [6.45, 7) is 4.14. The molecule has 10 heteroatoms. The Kier molecular flexibility index (Phi) is 6.69. The van der Waals surface area contributed by atoms with Crippen LogP contribution in [0.3, 0.4) is 0 Å². The van der Waals surface area contributed by atoms with E-state index in [9.17, 15) is 27.7 Å². The fourth-order valence-corrected chi connectivity index (χ4v) is 4.33. The summed E-state index contributed by atoms with van der Waals surface area (Å²) in [5.41, 5.74) is 0.494. The van der Waals surface area contributed by atoms with E-state index in [-0.39, 0.29) is 28.6 Å². The van der Waals surface area contributed by atoms with Gasteiger partial charge in [-0.1, -0.05) is 38.1 Å². The Morgan fingerprint density at radius 3 is 2.42 bits per heavy atom. The second kappa shape index (κ2) is 9.25. The highest BCUT2D eigenvalue weighted by Crippen LogP contribution is 2.40. The molecule has 1 N–H and O–H groups in total. The van der Waals surface area contributed by atoms with Crippen LogP contribution in [0.25, 0.3) is 0 Å². The number of nitro groups is 1. The van der Waals surface area contributed by atoms with Crippen LogP contribution in [0.2, 0.25) is 0 Å². The van der Waals surface area contributed by atoms with E-state index in [1.807, 2.05) is 13.8 Å². The SMILES string of the molecule is CC(C)CNC(=O)C1C(=S(=O)=O)CC(c2ccc([N+](=O)[O-])cc2)N1c1ccccc1F. The summed E-state index contributed by atoms with van der Waals surface area (Å²) < 4.78 is 38.8. The maximum absolute atomic E-state index is 14.8. The molecule has 2 unspecified atom stereocenters. The normalized spacial score (nSPS) is 18.3. The smallest absolute Gasteiger partial charge is 0.269 e. The molecule has 1 amide bonds. The minimum absolute atomic E-state index is 0.0397. The second-order valence-electron chi connectivity index (χ2n) is 7.67. The first-order chi connectivity index (χ1) is 14.7. The van der Waals surface area contributed by atoms with Gasteiger partial charge in [0, 0.05) is 25.1 Å². The molecule has 0 aliphatic carbocycles. The van der Waals surface area contributed by atoms with Gasteiger partial charge in [0.05, 0.1) is 21.5 Å². The number of hydrogen-bond acceptors (Lipinski definition) is 6. The molecule has 1 aliphatic rings. The van der Waals surface area contributed by atoms with Crippen molar-refractivity contribution in [1.29, 1.82) is 0 Å². The molecule has 1 aliphatic heterocycles. The summed E-state index contributed by atoms with van der Waals surface area (Å²) in [7, 11) is -2.68. The molecule has 0 spiro atoms. The van der Waals surface area contributed by atoms with E-state index in [1.54, 1.807) is 6.07 Å². The van der Waals surface area contributed by atoms with E-state index in [2.05, 4.69) is 5.32 Å². The van der Waals surface area contributed by atoms with Crippen LogP contribution in [0, 0.1) is 21.8 Å². The molecular formula is C21H22FN3O5S. The van der Waals surface area contributed by atoms with Gasteiger partial charge in [0.15, 0.2) is 0 Å². The largest absolute Gasteiger partial charge is 0.354 e. The van der Waals surface area contributed by atoms with Crippen LogP contribution in [-0.2, 0) is 15.1 Å². The lowest BCUT2D eigenvalue weighted by molar-refractivity contribution is -0.384. The summed E-state index contributed by atoms with van der Waals surface area (Å²) in [5.74, 6) is -1.01. The van der Waals surface area contributed by atoms with Gasteiger partial charge in [-0.05, 0) is 23.6 Å². The monoisotopic (exact) mass is 447 g/mol. The van der Waals surface area contributed by atoms with E-state index in [0.29, 0.717) is 12.1 Å². The van der Waals surface area contributed by atoms with Crippen LogP contribution in [0.4, 0.5) is 15.8 Å². The highest BCUT2D eigenvalue weighted by atomic mass is 32.2. The van der Waals surface area contributed by atoms with Gasteiger partial charge in [0.2, 0.25) is 16.2 Å². The first-order valence-electron chi connectivity index (χ1n) is 9.70. The maximum atomic E-state index is 14.8. The molecule has 2 aromatic carbocycles. The molecule has 1 saturated heterocycles. The number of para-hydroxylation sites is 1. The number of nitrogens with one attached hydrogen (secondary N) is 1. The van der Waals surface area contributed by atoms with Gasteiger partial charge in [-0.3, -0.25) is 14.9 Å². The first kappa shape index (κ1) is 22.4. The van der Waals surface area contributed by atoms with Gasteiger partial charge in [0.25, 0.3) is 5.69 Å². The van der Waals surface area contributed by atoms with Gasteiger partial charge >= 0.3 is 0 Å². The number of hydrogen-bond donors (Lipinski definition) is 1. The molecular weight excluding hydrogens is 425 g/mol. The van der Waals surface area contributed by atoms with Crippen LogP contribution in [0.15, 0.2) is 48.5 Å². The van der Waals surface area contributed by atoms with Crippen molar-refractivity contribution in [3.8, 4) is 0 Å². The van der Waals surface area contributed by atoms with E-state index in [0.717, 1.165) is 0 Å². The highest BCUT2D eigenvalue weighted by molar-refractivity contribution is 7.73. The lowest BCUT2D eigenvalue weighted by Gasteiger charge is -2.32. The zero-order chi connectivity index (χ0) is 22.7. The Morgan fingerprint density at radius 1 is 1.23 bits per heavy atom. The second-order valence-corrected chi connectivity index (χ2v) is 8.66. The van der Waals surface area contributed by atoms with Crippen molar-refractivity contribution in [2.75, 3.05) is 11.4 Å². The molecule has 8 nitrogen and oxygen atoms in total. The van der Waals surface area contributed by atoms with E-state index in [4.69, 9.17) is 0 Å². The molecule has 164 valence electrons. The van der Waals surface area contributed by atoms with Crippen molar-refractivity contribution < 1.29 is 22.5 Å². The summed E-state index contributed by atoms with van der Waals surface area (Å²) in [4.78, 5) is 24.8. The topological polar surface area (TPSA) is 110 Å². The molecule has 0 radical (unpaired) electrons. The predicted molar refractivity (Wildman–Crippen MR) is 115 cm³/mol. The number of halogens is 1. The highest BCUT2D eigenvalue weighted by Gasteiger charge is 2.45. The Hall–Kier alpha value is -3.27. The van der Waals surface area contributed by atoms with Crippen LogP contribution >= 0.6 is 0 Å². The molecule has 3 rings (SSSR count). The average molecular weight is 447 g/mol. The third-order valence-electron chi connectivity index (χ3n) is 5.08. The predicted octanol–water partition coefficient (Wildman–Crippen LogP) is 2.88. The molecule has 0 saturated carbocycles. The molecule has 2 atom stereocenters. The molecule has 31 heavy (non-hydrogen) atoms. The number of nitro benzene ring substituents is 1. The Labute approximate surface area is 180 Å². The van der Waals surface area contributed by atoms with E-state index >= 15 is 0 Å². The van der Waals surface area contributed by atoms with Crippen LogP contribution in [0.5, 0.6) is 0 Å². The Balaban J connectivity index is 2.13. The summed E-state index contributed by atoms with van der Waals surface area (Å²) >= 11 is 0. The zero-order valence-electron chi connectivity index (χ0n) is 17.0. The number of amides is 1. The lowest BCUT2D eigenvalue weighted by atomic mass is 10.0. The number of rotatable bonds is 6. The van der Waals surface area contributed by atoms with Gasteiger partial charge in [-0.25, -0.2) is 4.39 Å². The van der Waals surface area contributed by atoms with Gasteiger partial charge < -0.3 is 10.2 Å². The van der Waals surface area contributed by atoms with Gasteiger partial charge in [-0.15, -0.1) is 0 Å².